The molecular formula is C28H31N7O2. The van der Waals surface area contributed by atoms with Gasteiger partial charge in [0.25, 0.3) is 0 Å². The Balaban J connectivity index is 1.41. The summed E-state index contributed by atoms with van der Waals surface area (Å²) in [5.41, 5.74) is 10.1. The maximum Gasteiger partial charge on any atom is 0.236 e. The van der Waals surface area contributed by atoms with Crippen LogP contribution in [0.5, 0.6) is 0 Å². The van der Waals surface area contributed by atoms with Crippen molar-refractivity contribution >= 4 is 34.7 Å². The van der Waals surface area contributed by atoms with Crippen LogP contribution in [-0.2, 0) is 22.6 Å². The van der Waals surface area contributed by atoms with Crippen molar-refractivity contribution in [2.75, 3.05) is 41.7 Å². The smallest absolute Gasteiger partial charge is 0.236 e. The Morgan fingerprint density at radius 2 is 1.81 bits per heavy atom. The second kappa shape index (κ2) is 12.4. The quantitative estimate of drug-likeness (QED) is 0.413. The van der Waals surface area contributed by atoms with E-state index >= 15 is 0 Å². The lowest BCUT2D eigenvalue weighted by Gasteiger charge is -2.23. The molecule has 1 aromatic heterocycles. The van der Waals surface area contributed by atoms with Gasteiger partial charge in [-0.3, -0.25) is 9.59 Å². The summed E-state index contributed by atoms with van der Waals surface area (Å²) >= 11 is 0. The van der Waals surface area contributed by atoms with Crippen molar-refractivity contribution in [1.29, 1.82) is 5.26 Å². The van der Waals surface area contributed by atoms with Crippen molar-refractivity contribution in [2.24, 2.45) is 5.73 Å². The molecule has 0 radical (unpaired) electrons. The highest BCUT2D eigenvalue weighted by Gasteiger charge is 2.19. The fourth-order valence-corrected chi connectivity index (χ4v) is 4.35. The van der Waals surface area contributed by atoms with Gasteiger partial charge in [0.15, 0.2) is 0 Å². The van der Waals surface area contributed by atoms with Crippen LogP contribution in [0.4, 0.5) is 22.9 Å². The molecule has 2 aromatic carbocycles. The first kappa shape index (κ1) is 25.5. The predicted molar refractivity (Wildman–Crippen MR) is 144 cm³/mol. The molecule has 2 heterocycles. The molecule has 0 bridgehead atoms. The zero-order valence-electron chi connectivity index (χ0n) is 20.7. The molecule has 1 aliphatic heterocycles. The third-order valence-corrected chi connectivity index (χ3v) is 6.26. The van der Waals surface area contributed by atoms with Gasteiger partial charge in [0, 0.05) is 67.6 Å². The van der Waals surface area contributed by atoms with Gasteiger partial charge in [-0.15, -0.1) is 0 Å². The third-order valence-electron chi connectivity index (χ3n) is 6.26. The van der Waals surface area contributed by atoms with Crippen LogP contribution in [0.3, 0.4) is 0 Å². The minimum Gasteiger partial charge on any atom is -0.381 e. The van der Waals surface area contributed by atoms with Gasteiger partial charge < -0.3 is 26.2 Å². The molecule has 9 nitrogen and oxygen atoms in total. The summed E-state index contributed by atoms with van der Waals surface area (Å²) in [7, 11) is 0. The number of benzene rings is 2. The first-order chi connectivity index (χ1) is 18.0. The molecule has 4 N–H and O–H groups in total. The van der Waals surface area contributed by atoms with E-state index in [1.165, 1.54) is 0 Å². The molecule has 1 aliphatic rings. The number of rotatable bonds is 9. The van der Waals surface area contributed by atoms with Crippen LogP contribution in [0.15, 0.2) is 66.9 Å². The molecular weight excluding hydrogens is 466 g/mol. The first-order valence-electron chi connectivity index (χ1n) is 12.3. The van der Waals surface area contributed by atoms with E-state index in [0.717, 1.165) is 47.7 Å². The number of nitrogens with two attached hydrogens (primary N) is 1. The van der Waals surface area contributed by atoms with Crippen molar-refractivity contribution < 1.29 is 9.59 Å². The number of nitrogens with zero attached hydrogens (tertiary/aromatic N) is 4. The lowest BCUT2D eigenvalue weighted by molar-refractivity contribution is -0.129. The van der Waals surface area contributed by atoms with Crippen molar-refractivity contribution in [1.82, 2.24) is 9.88 Å². The van der Waals surface area contributed by atoms with Crippen molar-refractivity contribution in [3.63, 3.8) is 0 Å². The van der Waals surface area contributed by atoms with E-state index in [0.29, 0.717) is 25.5 Å². The van der Waals surface area contributed by atoms with E-state index < -0.39 is 5.91 Å². The highest BCUT2D eigenvalue weighted by molar-refractivity contribution is 5.79. The molecule has 1 saturated heterocycles. The molecule has 3 aromatic rings. The normalized spacial score (nSPS) is 13.4. The third kappa shape index (κ3) is 7.21. The number of nitrogens with one attached hydrogen (secondary N) is 2. The van der Waals surface area contributed by atoms with Crippen LogP contribution < -0.4 is 21.3 Å². The molecule has 0 aliphatic carbocycles. The Kier molecular flexibility index (Phi) is 8.55. The maximum atomic E-state index is 12.1. The predicted octanol–water partition coefficient (Wildman–Crippen LogP) is 3.42. The van der Waals surface area contributed by atoms with Crippen LogP contribution in [-0.4, -0.2) is 47.9 Å². The Bertz CT molecular complexity index is 1260. The second-order valence-electron chi connectivity index (χ2n) is 8.94. The molecule has 4 rings (SSSR count). The van der Waals surface area contributed by atoms with Crippen molar-refractivity contribution in [3.8, 4) is 6.07 Å². The van der Waals surface area contributed by atoms with Gasteiger partial charge in [0.2, 0.25) is 11.8 Å². The number of hydrogen-bond acceptors (Lipinski definition) is 7. The number of primary amides is 1. The SMILES string of the molecule is N#CCC(=O)N1CCCN(c2ccc(Nc3cc(NCc4ccccc4)c(CC(N)=O)cn3)cc2)CC1. The number of aromatic nitrogens is 1. The van der Waals surface area contributed by atoms with Crippen LogP contribution in [0.2, 0.25) is 0 Å². The Morgan fingerprint density at radius 1 is 1.03 bits per heavy atom. The molecule has 0 spiro atoms. The molecule has 1 fully saturated rings. The Hall–Kier alpha value is -4.58. The number of nitriles is 1. The summed E-state index contributed by atoms with van der Waals surface area (Å²) in [6.45, 7) is 3.47. The average Bonchev–Trinajstić information content (AvgIpc) is 3.16. The van der Waals surface area contributed by atoms with E-state index in [1.54, 1.807) is 11.1 Å². The number of carbonyl (C=O) groups excluding carboxylic acids is 2. The zero-order valence-corrected chi connectivity index (χ0v) is 20.7. The summed E-state index contributed by atoms with van der Waals surface area (Å²) in [4.78, 5) is 32.1. The lowest BCUT2D eigenvalue weighted by atomic mass is 10.1. The van der Waals surface area contributed by atoms with E-state index in [4.69, 9.17) is 11.0 Å². The van der Waals surface area contributed by atoms with Crippen LogP contribution in [0.25, 0.3) is 0 Å². The van der Waals surface area contributed by atoms with Gasteiger partial charge in [-0.1, -0.05) is 30.3 Å². The van der Waals surface area contributed by atoms with Gasteiger partial charge in [0.1, 0.15) is 12.2 Å². The zero-order chi connectivity index (χ0) is 26.0. The summed E-state index contributed by atoms with van der Waals surface area (Å²) in [5, 5.41) is 15.5. The molecule has 0 atom stereocenters. The molecule has 9 heteroatoms. The van der Waals surface area contributed by atoms with Crippen LogP contribution in [0, 0.1) is 11.3 Å². The Morgan fingerprint density at radius 3 is 2.54 bits per heavy atom. The Labute approximate surface area is 216 Å². The van der Waals surface area contributed by atoms with Crippen LogP contribution >= 0.6 is 0 Å². The second-order valence-corrected chi connectivity index (χ2v) is 8.94. The van der Waals surface area contributed by atoms with E-state index in [2.05, 4.69) is 20.5 Å². The van der Waals surface area contributed by atoms with Gasteiger partial charge in [0.05, 0.1) is 12.5 Å². The molecule has 190 valence electrons. The van der Waals surface area contributed by atoms with Gasteiger partial charge in [-0.25, -0.2) is 4.98 Å². The topological polar surface area (TPSA) is 127 Å². The number of amides is 2. The fourth-order valence-electron chi connectivity index (χ4n) is 4.35. The minimum atomic E-state index is -0.410. The molecule has 2 amide bonds. The number of pyridine rings is 1. The summed E-state index contributed by atoms with van der Waals surface area (Å²) in [6, 6.07) is 21.9. The summed E-state index contributed by atoms with van der Waals surface area (Å²) in [5.74, 6) is 0.140. The average molecular weight is 498 g/mol. The van der Waals surface area contributed by atoms with Crippen LogP contribution in [0.1, 0.15) is 24.0 Å². The maximum absolute atomic E-state index is 12.1. The number of hydrogen-bond donors (Lipinski definition) is 3. The fraction of sp³-hybridized carbons (Fsp3) is 0.286. The standard InChI is InChI=1S/C28H31N7O2/c29-12-11-28(37)35-14-4-13-34(15-16-35)24-9-7-23(8-10-24)33-27-18-25(22(20-32-27)17-26(30)36)31-19-21-5-2-1-3-6-21/h1-3,5-10,18,20H,4,11,13-17,19H2,(H2,30,36)(H2,31,32,33). The van der Waals surface area contributed by atoms with Gasteiger partial charge >= 0.3 is 0 Å². The van der Waals surface area contributed by atoms with E-state index in [-0.39, 0.29) is 18.7 Å². The van der Waals surface area contributed by atoms with E-state index in [1.807, 2.05) is 66.7 Å². The highest BCUT2D eigenvalue weighted by Crippen LogP contribution is 2.25. The number of carbonyl (C=O) groups is 2. The molecule has 37 heavy (non-hydrogen) atoms. The van der Waals surface area contributed by atoms with Gasteiger partial charge in [-0.2, -0.15) is 5.26 Å². The lowest BCUT2D eigenvalue weighted by Crippen LogP contribution is -2.34. The monoisotopic (exact) mass is 497 g/mol. The van der Waals surface area contributed by atoms with Crippen molar-refractivity contribution in [3.05, 3.63) is 78.0 Å². The summed E-state index contributed by atoms with van der Waals surface area (Å²) < 4.78 is 0. The van der Waals surface area contributed by atoms with Gasteiger partial charge in [-0.05, 0) is 36.2 Å². The molecule has 0 saturated carbocycles. The first-order valence-corrected chi connectivity index (χ1v) is 12.3. The highest BCUT2D eigenvalue weighted by atomic mass is 16.2. The molecule has 0 unspecified atom stereocenters. The van der Waals surface area contributed by atoms with Crippen molar-refractivity contribution in [2.45, 2.75) is 25.8 Å². The summed E-state index contributed by atoms with van der Waals surface area (Å²) in [6.07, 6.45) is 2.57. The largest absolute Gasteiger partial charge is 0.381 e. The van der Waals surface area contributed by atoms with E-state index in [9.17, 15) is 9.59 Å². The number of anilines is 4. The minimum absolute atomic E-state index is 0.0681.